The van der Waals surface area contributed by atoms with Crippen molar-refractivity contribution in [2.45, 2.75) is 94.3 Å². The summed E-state index contributed by atoms with van der Waals surface area (Å²) in [7, 11) is 5.18. The topological polar surface area (TPSA) is 282 Å². The predicted molar refractivity (Wildman–Crippen MR) is 219 cm³/mol. The summed E-state index contributed by atoms with van der Waals surface area (Å²) >= 11 is 0. The Morgan fingerprint density at radius 2 is 1.84 bits per heavy atom. The number of ether oxygens (including phenoxy) is 6. The maximum absolute atomic E-state index is 14.2. The highest BCUT2D eigenvalue weighted by molar-refractivity contribution is 8.76. The summed E-state index contributed by atoms with van der Waals surface area (Å²) in [5.41, 5.74) is -1.58. The Morgan fingerprint density at radius 1 is 1.08 bits per heavy atom. The number of nitrogens with one attached hydrogen (secondary N) is 2. The number of aliphatic carboxylic acids is 1. The van der Waals surface area contributed by atoms with Gasteiger partial charge in [-0.1, -0.05) is 33.7 Å². The molecule has 0 bridgehead atoms. The normalized spacial score (nSPS) is 28.5. The van der Waals surface area contributed by atoms with Crippen LogP contribution in [0.15, 0.2) is 23.3 Å². The predicted octanol–water partition coefficient (Wildman–Crippen LogP) is 0.975. The van der Waals surface area contributed by atoms with E-state index in [1.807, 2.05) is 6.92 Å². The number of hydrogen-bond acceptors (Lipinski definition) is 19. The fourth-order valence-electron chi connectivity index (χ4n) is 8.75. The third-order valence-electron chi connectivity index (χ3n) is 11.6. The van der Waals surface area contributed by atoms with Gasteiger partial charge in [0.1, 0.15) is 35.0 Å². The molecule has 0 radical (unpaired) electrons. The number of phenols is 2. The third-order valence-corrected chi connectivity index (χ3v) is 14.0. The lowest BCUT2D eigenvalue weighted by Crippen LogP contribution is -2.55. The van der Waals surface area contributed by atoms with E-state index in [2.05, 4.69) is 20.7 Å². The van der Waals surface area contributed by atoms with Gasteiger partial charge < -0.3 is 59.3 Å². The molecule has 22 heteroatoms. The average Bonchev–Trinajstić information content (AvgIpc) is 3.62. The lowest BCUT2D eigenvalue weighted by atomic mass is 9.71. The molecule has 3 saturated heterocycles. The summed E-state index contributed by atoms with van der Waals surface area (Å²) < 4.78 is 35.9. The molecule has 0 spiro atoms. The van der Waals surface area contributed by atoms with Gasteiger partial charge in [-0.2, -0.15) is 5.10 Å². The fraction of sp³-hybridized carbons (Fsp3) is 0.550. The van der Waals surface area contributed by atoms with Gasteiger partial charge in [-0.25, -0.2) is 10.2 Å². The van der Waals surface area contributed by atoms with Crippen LogP contribution in [0.3, 0.4) is 0 Å². The summed E-state index contributed by atoms with van der Waals surface area (Å²) in [4.78, 5) is 65.9. The second kappa shape index (κ2) is 18.8. The summed E-state index contributed by atoms with van der Waals surface area (Å²) in [6.45, 7) is 3.04. The minimum absolute atomic E-state index is 0.0413. The van der Waals surface area contributed by atoms with Gasteiger partial charge in [-0.3, -0.25) is 24.1 Å². The quantitative estimate of drug-likeness (QED) is 0.0368. The highest BCUT2D eigenvalue weighted by Gasteiger charge is 2.55. The number of carbonyl (C=O) groups excluding carboxylic acids is 4. The molecule has 62 heavy (non-hydrogen) atoms. The Hall–Kier alpha value is -4.36. The summed E-state index contributed by atoms with van der Waals surface area (Å²) in [6, 6.07) is 3.04. The molecule has 2 amide bonds. The van der Waals surface area contributed by atoms with Crippen molar-refractivity contribution < 1.29 is 77.9 Å². The Morgan fingerprint density at radius 3 is 2.53 bits per heavy atom. The molecule has 7 N–H and O–H groups in total. The second-order valence-corrected chi connectivity index (χ2v) is 18.0. The number of morpholine rings is 1. The zero-order chi connectivity index (χ0) is 44.6. The van der Waals surface area contributed by atoms with Gasteiger partial charge in [0.05, 0.1) is 54.9 Å². The molecule has 5 aliphatic rings. The average molecular weight is 905 g/mol. The molecule has 3 fully saturated rings. The first-order valence-electron chi connectivity index (χ1n) is 19.8. The number of carbonyl (C=O) groups is 5. The van der Waals surface area contributed by atoms with E-state index in [0.29, 0.717) is 13.2 Å². The molecular formula is C40H48N4O16S2. The molecule has 3 aliphatic heterocycles. The van der Waals surface area contributed by atoms with Crippen molar-refractivity contribution in [1.82, 2.24) is 15.6 Å². The maximum atomic E-state index is 14.2. The minimum atomic E-state index is -2.18. The van der Waals surface area contributed by atoms with Crippen molar-refractivity contribution >= 4 is 56.6 Å². The highest BCUT2D eigenvalue weighted by Crippen LogP contribution is 2.53. The molecule has 9 atom stereocenters. The molecule has 2 aliphatic carbocycles. The van der Waals surface area contributed by atoms with E-state index in [1.54, 1.807) is 0 Å². The summed E-state index contributed by atoms with van der Waals surface area (Å²) in [6.07, 6.45) is -5.30. The van der Waals surface area contributed by atoms with Crippen molar-refractivity contribution in [1.29, 1.82) is 0 Å². The van der Waals surface area contributed by atoms with Crippen molar-refractivity contribution in [2.75, 3.05) is 45.5 Å². The molecule has 7 rings (SSSR count). The lowest BCUT2D eigenvalue weighted by molar-refractivity contribution is -0.255. The van der Waals surface area contributed by atoms with Crippen molar-refractivity contribution in [3.05, 3.63) is 51.6 Å². The van der Waals surface area contributed by atoms with E-state index in [1.165, 1.54) is 50.1 Å². The van der Waals surface area contributed by atoms with Crippen LogP contribution in [0.5, 0.6) is 17.2 Å². The molecule has 20 nitrogen and oxygen atoms in total. The Balaban J connectivity index is 1.18. The highest BCUT2D eigenvalue weighted by atomic mass is 33.1. The lowest BCUT2D eigenvalue weighted by Gasteiger charge is -2.44. The van der Waals surface area contributed by atoms with Crippen LogP contribution in [-0.2, 0) is 44.5 Å². The monoisotopic (exact) mass is 904 g/mol. The zero-order valence-electron chi connectivity index (χ0n) is 34.2. The summed E-state index contributed by atoms with van der Waals surface area (Å²) in [5, 5.41) is 62.8. The van der Waals surface area contributed by atoms with Crippen LogP contribution < -0.4 is 15.5 Å². The number of aliphatic hydroxyl groups excluding tert-OH is 1. The fourth-order valence-corrected chi connectivity index (χ4v) is 10.9. The second-order valence-electron chi connectivity index (χ2n) is 15.4. The number of rotatable bonds is 15. The molecule has 2 aromatic carbocycles. The molecule has 0 saturated carbocycles. The molecular weight excluding hydrogens is 857 g/mol. The van der Waals surface area contributed by atoms with Crippen molar-refractivity contribution in [2.24, 2.45) is 5.10 Å². The number of phenolic OH excluding ortho intramolecular Hbond substituents is 2. The van der Waals surface area contributed by atoms with E-state index in [-0.39, 0.29) is 64.1 Å². The largest absolute Gasteiger partial charge is 0.507 e. The first-order valence-corrected chi connectivity index (χ1v) is 22.3. The summed E-state index contributed by atoms with van der Waals surface area (Å²) in [5.74, 6) is -4.90. The molecule has 0 unspecified atom stereocenters. The number of benzene rings is 2. The number of aromatic hydroxyl groups is 2. The number of aliphatic hydroxyl groups is 2. The van der Waals surface area contributed by atoms with E-state index in [9.17, 15) is 49.5 Å². The first kappa shape index (κ1) is 45.7. The van der Waals surface area contributed by atoms with Gasteiger partial charge in [-0.05, 0) is 13.0 Å². The Labute approximate surface area is 363 Å². The number of hydrazone groups is 1. The van der Waals surface area contributed by atoms with Crippen molar-refractivity contribution in [3.63, 3.8) is 0 Å². The van der Waals surface area contributed by atoms with Gasteiger partial charge in [0.25, 0.3) is 0 Å². The maximum Gasteiger partial charge on any atom is 0.327 e. The third kappa shape index (κ3) is 8.64. The number of carboxylic acids is 1. The van der Waals surface area contributed by atoms with E-state index in [0.717, 1.165) is 10.8 Å². The molecule has 3 heterocycles. The van der Waals surface area contributed by atoms with Crippen LogP contribution in [0, 0.1) is 0 Å². The number of carboxylic acid groups (broad SMARTS) is 1. The molecule has 0 aromatic heterocycles. The van der Waals surface area contributed by atoms with E-state index < -0.39 is 120 Å². The molecule has 2 aromatic rings. The Bertz CT molecular complexity index is 2160. The SMILES string of the molecule is COc1cccc2c1C(=O)c1c(O)c3c(c(O)c1C2=O)C[C@@](O)(C(CO)=NNC(=O)CCSSC[C@H](NC(C)=O)C(=O)O)C[C@@H]3O[C@H]1C[C@H]2[C@H](O[C@@H]3[C@@H](OC)OCCN32)[C@H](C)O1. The van der Waals surface area contributed by atoms with Gasteiger partial charge >= 0.3 is 5.97 Å². The van der Waals surface area contributed by atoms with Crippen LogP contribution in [0.25, 0.3) is 0 Å². The number of methoxy groups -OCH3 is 2. The number of nitrogens with zero attached hydrogens (tertiary/aromatic N) is 2. The number of amides is 2. The number of fused-ring (bicyclic) bond motifs is 6. The zero-order valence-corrected chi connectivity index (χ0v) is 35.8. The van der Waals surface area contributed by atoms with Crippen LogP contribution in [0.2, 0.25) is 0 Å². The van der Waals surface area contributed by atoms with Crippen LogP contribution in [0.4, 0.5) is 0 Å². The smallest absolute Gasteiger partial charge is 0.327 e. The minimum Gasteiger partial charge on any atom is -0.507 e. The van der Waals surface area contributed by atoms with Gasteiger partial charge in [0.2, 0.25) is 17.6 Å². The van der Waals surface area contributed by atoms with Crippen LogP contribution in [-0.4, -0.2) is 160 Å². The Kier molecular flexibility index (Phi) is 13.8. The van der Waals surface area contributed by atoms with Crippen LogP contribution >= 0.6 is 21.6 Å². The molecule has 336 valence electrons. The van der Waals surface area contributed by atoms with E-state index >= 15 is 0 Å². The van der Waals surface area contributed by atoms with E-state index in [4.69, 9.17) is 28.4 Å². The number of ketones is 2. The van der Waals surface area contributed by atoms with Crippen LogP contribution in [0.1, 0.15) is 82.2 Å². The van der Waals surface area contributed by atoms with Crippen molar-refractivity contribution in [3.8, 4) is 17.2 Å². The first-order chi connectivity index (χ1) is 29.6. The number of hydrogen-bond donors (Lipinski definition) is 7. The standard InChI is InChI=1S/C40H48N4O16S2/c1-17-36-22(44-9-10-57-39(56-4)37(44)60-36)12-27(58-17)59-24-14-40(54,25(15-45)42-43-26(47)8-11-61-62-16-21(38(52)53)41-18(2)46)13-20-29(24)35(51)31-30(33(20)49)32(48)19-6-5-7-23(55-3)28(19)34(31)50/h5-7,17,21-22,24,27,36-37,39,45,49,51,54H,8-16H2,1-4H3,(H,41,46)(H,43,47)(H,52,53)/t17-,21-,22-,24-,27-,36+,37+,39-,40-/m0/s1. The van der Waals surface area contributed by atoms with Gasteiger partial charge in [0.15, 0.2) is 24.6 Å². The van der Waals surface area contributed by atoms with Gasteiger partial charge in [-0.15, -0.1) is 0 Å². The van der Waals surface area contributed by atoms with Gasteiger partial charge in [0, 0.05) is 80.5 Å².